The Morgan fingerprint density at radius 3 is 1.74 bits per heavy atom. The highest BCUT2D eigenvalue weighted by molar-refractivity contribution is 5.96. The molecule has 0 aliphatic carbocycles. The summed E-state index contributed by atoms with van der Waals surface area (Å²) in [7, 11) is 0. The summed E-state index contributed by atoms with van der Waals surface area (Å²) < 4.78 is 0. The lowest BCUT2D eigenvalue weighted by Crippen LogP contribution is -2.53. The number of nitrogens with one attached hydrogen (secondary N) is 3. The van der Waals surface area contributed by atoms with Crippen LogP contribution < -0.4 is 9.80 Å². The van der Waals surface area contributed by atoms with Crippen LogP contribution in [-0.2, 0) is 0 Å². The van der Waals surface area contributed by atoms with Gasteiger partial charge in [-0.2, -0.15) is 5.10 Å². The van der Waals surface area contributed by atoms with Crippen LogP contribution >= 0.6 is 0 Å². The summed E-state index contributed by atoms with van der Waals surface area (Å²) in [5.41, 5.74) is 9.27. The molecule has 2 aliphatic heterocycles. The van der Waals surface area contributed by atoms with Crippen molar-refractivity contribution in [2.45, 2.75) is 65.7 Å². The van der Waals surface area contributed by atoms with Crippen LogP contribution in [0.1, 0.15) is 41.5 Å². The molecule has 10 nitrogen and oxygen atoms in total. The molecule has 2 aliphatic rings. The Morgan fingerprint density at radius 1 is 0.638 bits per heavy atom. The van der Waals surface area contributed by atoms with Crippen molar-refractivity contribution >= 4 is 44.3 Å². The summed E-state index contributed by atoms with van der Waals surface area (Å²) >= 11 is 0. The summed E-state index contributed by atoms with van der Waals surface area (Å²) in [6.07, 6.45) is 0. The minimum absolute atomic E-state index is 0.452. The van der Waals surface area contributed by atoms with Crippen molar-refractivity contribution in [2.24, 2.45) is 0 Å². The van der Waals surface area contributed by atoms with E-state index < -0.39 is 0 Å². The summed E-state index contributed by atoms with van der Waals surface area (Å²) in [5, 5.41) is 8.93. The standard InChI is InChI=1S/C37H46N10/c1-22(2)44-13-15-46(24(5)20-44)27-8-11-31-33(18-27)40-36(38-31)26-7-10-30-29(17-26)35(43-42-30)37-39-32-12-9-28(19-34(32)41-37)47-16-14-45(23(3)4)21-25(47)6/h7-12,17-19,22-25H,13-16,20-21H2,1-6H3,(H,38,40)(H,39,41)(H,42,43). The predicted octanol–water partition coefficient (Wildman–Crippen LogP) is 6.49. The first-order valence-electron chi connectivity index (χ1n) is 17.2. The number of aromatic nitrogens is 6. The molecule has 47 heavy (non-hydrogen) atoms. The van der Waals surface area contributed by atoms with E-state index in [1.807, 2.05) is 0 Å². The number of imidazole rings is 2. The number of hydrogen-bond donors (Lipinski definition) is 3. The zero-order chi connectivity index (χ0) is 32.4. The molecule has 5 heterocycles. The molecule has 3 N–H and O–H groups in total. The molecular weight excluding hydrogens is 584 g/mol. The van der Waals surface area contributed by atoms with Gasteiger partial charge in [-0.15, -0.1) is 0 Å². The predicted molar refractivity (Wildman–Crippen MR) is 193 cm³/mol. The van der Waals surface area contributed by atoms with Gasteiger partial charge in [0.1, 0.15) is 11.5 Å². The van der Waals surface area contributed by atoms with Crippen LogP contribution in [0.5, 0.6) is 0 Å². The number of rotatable bonds is 6. The van der Waals surface area contributed by atoms with Crippen LogP contribution in [0.3, 0.4) is 0 Å². The largest absolute Gasteiger partial charge is 0.366 e. The van der Waals surface area contributed by atoms with E-state index in [9.17, 15) is 0 Å². The van der Waals surface area contributed by atoms with Gasteiger partial charge in [0.25, 0.3) is 0 Å². The van der Waals surface area contributed by atoms with Crippen molar-refractivity contribution in [3.63, 3.8) is 0 Å². The monoisotopic (exact) mass is 630 g/mol. The number of aromatic amines is 3. The molecule has 0 radical (unpaired) electrons. The molecule has 2 atom stereocenters. The maximum absolute atomic E-state index is 4.98. The van der Waals surface area contributed by atoms with Crippen molar-refractivity contribution in [3.05, 3.63) is 54.6 Å². The second kappa shape index (κ2) is 11.7. The van der Waals surface area contributed by atoms with Gasteiger partial charge in [0.15, 0.2) is 5.82 Å². The molecule has 0 amide bonds. The highest BCUT2D eigenvalue weighted by Gasteiger charge is 2.27. The Balaban J connectivity index is 1.07. The first-order chi connectivity index (χ1) is 22.7. The van der Waals surface area contributed by atoms with Gasteiger partial charge in [-0.3, -0.25) is 14.9 Å². The van der Waals surface area contributed by atoms with Gasteiger partial charge >= 0.3 is 0 Å². The lowest BCUT2D eigenvalue weighted by molar-refractivity contribution is 0.185. The third-order valence-corrected chi connectivity index (χ3v) is 10.4. The van der Waals surface area contributed by atoms with E-state index in [0.29, 0.717) is 24.2 Å². The van der Waals surface area contributed by atoms with Crippen molar-refractivity contribution in [3.8, 4) is 22.9 Å². The zero-order valence-electron chi connectivity index (χ0n) is 28.4. The van der Waals surface area contributed by atoms with E-state index in [-0.39, 0.29) is 0 Å². The lowest BCUT2D eigenvalue weighted by Gasteiger charge is -2.43. The van der Waals surface area contributed by atoms with Crippen LogP contribution in [0.25, 0.3) is 55.9 Å². The van der Waals surface area contributed by atoms with Gasteiger partial charge in [-0.05, 0) is 96.1 Å². The van der Waals surface area contributed by atoms with Crippen LogP contribution in [0.4, 0.5) is 11.4 Å². The SMILES string of the molecule is CC(C)N1CCN(c2ccc3nc(-c4ccc5[nH]nc(-c6nc7ccc(N8CCN(C(C)C)CC8C)cc7[nH]6)c5c4)[nH]c3c2)C(C)C1. The molecule has 8 rings (SSSR count). The average Bonchev–Trinajstić information content (AvgIpc) is 3.80. The molecule has 0 bridgehead atoms. The lowest BCUT2D eigenvalue weighted by atomic mass is 10.1. The normalized spacial score (nSPS) is 20.2. The smallest absolute Gasteiger partial charge is 0.159 e. The van der Waals surface area contributed by atoms with E-state index in [2.05, 4.69) is 131 Å². The molecule has 6 aromatic rings. The van der Waals surface area contributed by atoms with E-state index in [0.717, 1.165) is 95.1 Å². The molecule has 2 unspecified atom stereocenters. The van der Waals surface area contributed by atoms with Crippen LogP contribution in [0.15, 0.2) is 54.6 Å². The van der Waals surface area contributed by atoms with Crippen molar-refractivity contribution in [2.75, 3.05) is 49.1 Å². The Morgan fingerprint density at radius 2 is 1.19 bits per heavy atom. The number of anilines is 2. The zero-order valence-corrected chi connectivity index (χ0v) is 28.4. The van der Waals surface area contributed by atoms with Crippen LogP contribution in [0.2, 0.25) is 0 Å². The first-order valence-corrected chi connectivity index (χ1v) is 17.2. The van der Waals surface area contributed by atoms with E-state index in [1.165, 1.54) is 11.4 Å². The number of hydrogen-bond acceptors (Lipinski definition) is 7. The number of benzene rings is 3. The van der Waals surface area contributed by atoms with Crippen molar-refractivity contribution in [1.82, 2.24) is 39.9 Å². The molecule has 10 heteroatoms. The van der Waals surface area contributed by atoms with Crippen LogP contribution in [0, 0.1) is 0 Å². The van der Waals surface area contributed by atoms with Gasteiger partial charge in [-0.1, -0.05) is 0 Å². The van der Waals surface area contributed by atoms with Gasteiger partial charge in [-0.25, -0.2) is 9.97 Å². The fourth-order valence-corrected chi connectivity index (χ4v) is 7.62. The molecule has 0 saturated carbocycles. The number of H-pyrrole nitrogens is 3. The fraction of sp³-hybridized carbons (Fsp3) is 0.432. The van der Waals surface area contributed by atoms with Gasteiger partial charge in [0.05, 0.1) is 27.6 Å². The summed E-state index contributed by atoms with van der Waals surface area (Å²) in [6.45, 7) is 20.2. The van der Waals surface area contributed by atoms with Crippen molar-refractivity contribution in [1.29, 1.82) is 0 Å². The number of fused-ring (bicyclic) bond motifs is 3. The van der Waals surface area contributed by atoms with Crippen LogP contribution in [-0.4, -0.2) is 103 Å². The Kier molecular flexibility index (Phi) is 7.45. The van der Waals surface area contributed by atoms with E-state index in [1.54, 1.807) is 0 Å². The second-order valence-corrected chi connectivity index (χ2v) is 14.2. The van der Waals surface area contributed by atoms with Gasteiger partial charge < -0.3 is 19.8 Å². The number of nitrogens with zero attached hydrogens (tertiary/aromatic N) is 7. The molecule has 0 spiro atoms. The topological polar surface area (TPSA) is 99.0 Å². The second-order valence-electron chi connectivity index (χ2n) is 14.2. The molecular formula is C37H46N10. The summed E-state index contributed by atoms with van der Waals surface area (Å²) in [6, 6.07) is 21.6. The summed E-state index contributed by atoms with van der Waals surface area (Å²) in [4.78, 5) is 27.3. The molecule has 2 saturated heterocycles. The Bertz CT molecular complexity index is 2050. The number of piperazine rings is 2. The Hall–Kier alpha value is -4.41. The molecule has 3 aromatic heterocycles. The maximum atomic E-state index is 4.98. The quantitative estimate of drug-likeness (QED) is 0.194. The third-order valence-electron chi connectivity index (χ3n) is 10.4. The minimum Gasteiger partial charge on any atom is -0.366 e. The third kappa shape index (κ3) is 5.43. The molecule has 3 aromatic carbocycles. The van der Waals surface area contributed by atoms with E-state index in [4.69, 9.17) is 15.1 Å². The van der Waals surface area contributed by atoms with Gasteiger partial charge in [0.2, 0.25) is 0 Å². The summed E-state index contributed by atoms with van der Waals surface area (Å²) in [5.74, 6) is 1.61. The average molecular weight is 631 g/mol. The maximum Gasteiger partial charge on any atom is 0.159 e. The highest BCUT2D eigenvalue weighted by atomic mass is 15.3. The minimum atomic E-state index is 0.452. The van der Waals surface area contributed by atoms with Crippen molar-refractivity contribution < 1.29 is 0 Å². The molecule has 244 valence electrons. The van der Waals surface area contributed by atoms with Gasteiger partial charge in [0, 0.05) is 85.8 Å². The first kappa shape index (κ1) is 30.0. The highest BCUT2D eigenvalue weighted by Crippen LogP contribution is 2.33. The fourth-order valence-electron chi connectivity index (χ4n) is 7.62. The molecule has 2 fully saturated rings. The Labute approximate surface area is 276 Å². The van der Waals surface area contributed by atoms with E-state index >= 15 is 0 Å².